The minimum absolute atomic E-state index is 0.00401. The van der Waals surface area contributed by atoms with E-state index in [9.17, 15) is 24.8 Å². The number of aromatic amines is 1. The predicted molar refractivity (Wildman–Crippen MR) is 85.6 cm³/mol. The first-order valence-corrected chi connectivity index (χ1v) is 7.61. The molecule has 24 heavy (non-hydrogen) atoms. The van der Waals surface area contributed by atoms with E-state index in [0.29, 0.717) is 35.9 Å². The zero-order valence-corrected chi connectivity index (χ0v) is 13.1. The fourth-order valence-electron chi connectivity index (χ4n) is 3.27. The van der Waals surface area contributed by atoms with Gasteiger partial charge < -0.3 is 15.0 Å². The number of nitrogens with one attached hydrogen (secondary N) is 1. The van der Waals surface area contributed by atoms with Crippen LogP contribution in [0.15, 0.2) is 24.4 Å². The van der Waals surface area contributed by atoms with E-state index in [2.05, 4.69) is 4.98 Å². The quantitative estimate of drug-likeness (QED) is 0.657. The lowest BCUT2D eigenvalue weighted by Gasteiger charge is -2.31. The van der Waals surface area contributed by atoms with Gasteiger partial charge in [-0.15, -0.1) is 0 Å². The van der Waals surface area contributed by atoms with Gasteiger partial charge >= 0.3 is 5.97 Å². The molecule has 0 radical (unpaired) electrons. The molecule has 0 spiro atoms. The molecule has 1 aromatic heterocycles. The molecule has 1 aliphatic heterocycles. The highest BCUT2D eigenvalue weighted by Gasteiger charge is 2.45. The van der Waals surface area contributed by atoms with Gasteiger partial charge in [-0.25, -0.2) is 4.79 Å². The number of nitro benzene ring substituents is 1. The Kier molecular flexibility index (Phi) is 3.75. The molecule has 0 saturated carbocycles. The molecule has 1 amide bonds. The number of hydrogen-bond acceptors (Lipinski definition) is 4. The number of H-pyrrole nitrogens is 1. The number of fused-ring (bicyclic) bond motifs is 1. The van der Waals surface area contributed by atoms with Crippen molar-refractivity contribution in [3.63, 3.8) is 0 Å². The summed E-state index contributed by atoms with van der Waals surface area (Å²) in [6.45, 7) is 1.96. The van der Waals surface area contributed by atoms with Crippen LogP contribution in [0.2, 0.25) is 0 Å². The van der Waals surface area contributed by atoms with Crippen LogP contribution in [0.1, 0.15) is 25.3 Å². The van der Waals surface area contributed by atoms with Crippen molar-refractivity contribution in [2.24, 2.45) is 0 Å². The first-order valence-electron chi connectivity index (χ1n) is 7.61. The third-order valence-electron chi connectivity index (χ3n) is 4.71. The van der Waals surface area contributed by atoms with Crippen LogP contribution in [0.5, 0.6) is 0 Å². The van der Waals surface area contributed by atoms with Crippen LogP contribution >= 0.6 is 0 Å². The van der Waals surface area contributed by atoms with Gasteiger partial charge in [0.05, 0.1) is 11.3 Å². The van der Waals surface area contributed by atoms with Crippen LogP contribution in [0.3, 0.4) is 0 Å². The Hall–Kier alpha value is -2.90. The Morgan fingerprint density at radius 2 is 2.21 bits per heavy atom. The van der Waals surface area contributed by atoms with Gasteiger partial charge in [-0.3, -0.25) is 14.9 Å². The van der Waals surface area contributed by atoms with E-state index in [4.69, 9.17) is 0 Å². The maximum Gasteiger partial charge on any atom is 0.329 e. The number of benzene rings is 1. The highest BCUT2D eigenvalue weighted by Crippen LogP contribution is 2.31. The molecule has 2 aromatic rings. The standard InChI is InChI=1S/C16H17N3O5/c1-16(15(21)22)5-2-6-18(16)14(20)7-10-9-17-13-4-3-11(19(23)24)8-12(10)13/h3-4,8-9,17H,2,5-7H2,1H3,(H,21,22). The monoisotopic (exact) mass is 331 g/mol. The number of carbonyl (C=O) groups is 2. The molecule has 1 atom stereocenters. The molecule has 2 N–H and O–H groups in total. The Morgan fingerprint density at radius 1 is 1.46 bits per heavy atom. The lowest BCUT2D eigenvalue weighted by atomic mass is 9.98. The van der Waals surface area contributed by atoms with Crippen LogP contribution in [-0.2, 0) is 16.0 Å². The lowest BCUT2D eigenvalue weighted by Crippen LogP contribution is -2.51. The molecular formula is C16H17N3O5. The summed E-state index contributed by atoms with van der Waals surface area (Å²) >= 11 is 0. The van der Waals surface area contributed by atoms with Gasteiger partial charge in [-0.05, 0) is 31.4 Å². The third kappa shape index (κ3) is 2.49. The lowest BCUT2D eigenvalue weighted by molar-refractivity contribution is -0.384. The Morgan fingerprint density at radius 3 is 2.88 bits per heavy atom. The van der Waals surface area contributed by atoms with Gasteiger partial charge in [-0.2, -0.15) is 0 Å². The van der Waals surface area contributed by atoms with Crippen LogP contribution in [0.4, 0.5) is 5.69 Å². The molecule has 0 bridgehead atoms. The summed E-state index contributed by atoms with van der Waals surface area (Å²) in [6.07, 6.45) is 2.71. The summed E-state index contributed by atoms with van der Waals surface area (Å²) in [7, 11) is 0. The topological polar surface area (TPSA) is 117 Å². The number of hydrogen-bond donors (Lipinski definition) is 2. The Bertz CT molecular complexity index is 843. The molecule has 1 fully saturated rings. The maximum absolute atomic E-state index is 12.6. The predicted octanol–water partition coefficient (Wildman–Crippen LogP) is 2.08. The highest BCUT2D eigenvalue weighted by atomic mass is 16.6. The number of nitrogens with zero attached hydrogens (tertiary/aromatic N) is 2. The van der Waals surface area contributed by atoms with Crippen molar-refractivity contribution in [1.82, 2.24) is 9.88 Å². The average molecular weight is 331 g/mol. The van der Waals surface area contributed by atoms with E-state index in [0.717, 1.165) is 0 Å². The van der Waals surface area contributed by atoms with Crippen LogP contribution in [-0.4, -0.2) is 43.9 Å². The Balaban J connectivity index is 1.89. The molecule has 1 aliphatic rings. The smallest absolute Gasteiger partial charge is 0.329 e. The highest BCUT2D eigenvalue weighted by molar-refractivity contribution is 5.92. The van der Waals surface area contributed by atoms with Gasteiger partial charge in [0.25, 0.3) is 5.69 Å². The van der Waals surface area contributed by atoms with Crippen molar-refractivity contribution in [3.05, 3.63) is 40.1 Å². The number of carbonyl (C=O) groups excluding carboxylic acids is 1. The fraction of sp³-hybridized carbons (Fsp3) is 0.375. The number of nitro groups is 1. The number of likely N-dealkylation sites (tertiary alicyclic amines) is 1. The molecule has 8 nitrogen and oxygen atoms in total. The normalized spacial score (nSPS) is 20.5. The average Bonchev–Trinajstić information content (AvgIpc) is 3.11. The molecule has 1 saturated heterocycles. The van der Waals surface area contributed by atoms with Crippen LogP contribution < -0.4 is 0 Å². The number of amides is 1. The van der Waals surface area contributed by atoms with Gasteiger partial charge in [0.2, 0.25) is 5.91 Å². The van der Waals surface area contributed by atoms with Gasteiger partial charge in [0.15, 0.2) is 0 Å². The largest absolute Gasteiger partial charge is 0.480 e. The van der Waals surface area contributed by atoms with Crippen molar-refractivity contribution in [2.45, 2.75) is 31.7 Å². The van der Waals surface area contributed by atoms with Crippen molar-refractivity contribution in [1.29, 1.82) is 0 Å². The van der Waals surface area contributed by atoms with Crippen molar-refractivity contribution < 1.29 is 19.6 Å². The second-order valence-corrected chi connectivity index (χ2v) is 6.21. The molecule has 3 rings (SSSR count). The zero-order valence-electron chi connectivity index (χ0n) is 13.1. The maximum atomic E-state index is 12.6. The molecule has 1 unspecified atom stereocenters. The molecule has 8 heteroatoms. The number of aliphatic carboxylic acids is 1. The van der Waals surface area contributed by atoms with E-state index in [1.165, 1.54) is 17.0 Å². The van der Waals surface area contributed by atoms with E-state index in [1.807, 2.05) is 0 Å². The van der Waals surface area contributed by atoms with Crippen molar-refractivity contribution >= 4 is 28.5 Å². The first-order chi connectivity index (χ1) is 11.3. The van der Waals surface area contributed by atoms with Crippen LogP contribution in [0.25, 0.3) is 10.9 Å². The van der Waals surface area contributed by atoms with Crippen molar-refractivity contribution in [3.8, 4) is 0 Å². The third-order valence-corrected chi connectivity index (χ3v) is 4.71. The number of rotatable bonds is 4. The van der Waals surface area contributed by atoms with E-state index in [-0.39, 0.29) is 18.0 Å². The first kappa shape index (κ1) is 16.0. The summed E-state index contributed by atoms with van der Waals surface area (Å²) in [4.78, 5) is 38.9. The number of carboxylic acid groups (broad SMARTS) is 1. The SMILES string of the molecule is CC1(C(=O)O)CCCN1C(=O)Cc1c[nH]c2ccc([N+](=O)[O-])cc12. The molecule has 2 heterocycles. The van der Waals surface area contributed by atoms with Gasteiger partial charge in [-0.1, -0.05) is 0 Å². The summed E-state index contributed by atoms with van der Waals surface area (Å²) in [6, 6.07) is 4.42. The van der Waals surface area contributed by atoms with E-state index >= 15 is 0 Å². The Labute approximate surface area is 137 Å². The van der Waals surface area contributed by atoms with Crippen molar-refractivity contribution in [2.75, 3.05) is 6.54 Å². The minimum Gasteiger partial charge on any atom is -0.480 e. The summed E-state index contributed by atoms with van der Waals surface area (Å²) in [5.74, 6) is -1.30. The molecule has 0 aliphatic carbocycles. The summed E-state index contributed by atoms with van der Waals surface area (Å²) in [5, 5.41) is 20.9. The van der Waals surface area contributed by atoms with Gasteiger partial charge in [0, 0.05) is 35.8 Å². The summed E-state index contributed by atoms with van der Waals surface area (Å²) in [5.41, 5.74) is 0.0892. The zero-order chi connectivity index (χ0) is 17.5. The number of carboxylic acids is 1. The number of non-ortho nitro benzene ring substituents is 1. The molecular weight excluding hydrogens is 314 g/mol. The second kappa shape index (κ2) is 5.63. The summed E-state index contributed by atoms with van der Waals surface area (Å²) < 4.78 is 0. The van der Waals surface area contributed by atoms with Gasteiger partial charge in [0.1, 0.15) is 5.54 Å². The van der Waals surface area contributed by atoms with E-state index < -0.39 is 16.4 Å². The molecule has 126 valence electrons. The minimum atomic E-state index is -1.19. The second-order valence-electron chi connectivity index (χ2n) is 6.21. The number of aromatic nitrogens is 1. The fourth-order valence-corrected chi connectivity index (χ4v) is 3.27. The molecule has 1 aromatic carbocycles. The van der Waals surface area contributed by atoms with Crippen LogP contribution in [0, 0.1) is 10.1 Å². The van der Waals surface area contributed by atoms with E-state index in [1.54, 1.807) is 19.2 Å².